The van der Waals surface area contributed by atoms with E-state index in [9.17, 15) is 4.79 Å². The third-order valence-electron chi connectivity index (χ3n) is 4.19. The number of rotatable bonds is 7. The SMILES string of the molecule is CC(C)C(N)CCN(C)C(=O)C(C)n1nnc(-c2ccccc2)n1.Cl. The summed E-state index contributed by atoms with van der Waals surface area (Å²) < 4.78 is 0. The Balaban J connectivity index is 0.00000312. The van der Waals surface area contributed by atoms with E-state index in [1.165, 1.54) is 4.80 Å². The Morgan fingerprint density at radius 3 is 2.48 bits per heavy atom. The summed E-state index contributed by atoms with van der Waals surface area (Å²) in [6, 6.07) is 9.16. The monoisotopic (exact) mass is 366 g/mol. The first-order valence-corrected chi connectivity index (χ1v) is 8.25. The highest BCUT2D eigenvalue weighted by atomic mass is 35.5. The van der Waals surface area contributed by atoms with Gasteiger partial charge in [0.25, 0.3) is 0 Å². The number of aromatic nitrogens is 4. The number of carbonyl (C=O) groups is 1. The van der Waals surface area contributed by atoms with Crippen LogP contribution in [0.2, 0.25) is 0 Å². The van der Waals surface area contributed by atoms with Gasteiger partial charge in [0.1, 0.15) is 6.04 Å². The van der Waals surface area contributed by atoms with Gasteiger partial charge in [0.2, 0.25) is 11.7 Å². The van der Waals surface area contributed by atoms with E-state index in [1.54, 1.807) is 18.9 Å². The number of hydrogen-bond acceptors (Lipinski definition) is 5. The van der Waals surface area contributed by atoms with Crippen LogP contribution in [0.4, 0.5) is 0 Å². The number of nitrogens with zero attached hydrogens (tertiary/aromatic N) is 5. The van der Waals surface area contributed by atoms with Crippen LogP contribution < -0.4 is 5.73 Å². The predicted molar refractivity (Wildman–Crippen MR) is 100 cm³/mol. The molecule has 2 rings (SSSR count). The fourth-order valence-corrected chi connectivity index (χ4v) is 2.30. The van der Waals surface area contributed by atoms with Gasteiger partial charge in [0, 0.05) is 25.2 Å². The van der Waals surface area contributed by atoms with Gasteiger partial charge in [-0.05, 0) is 24.5 Å². The number of benzene rings is 1. The second-order valence-corrected chi connectivity index (χ2v) is 6.43. The van der Waals surface area contributed by atoms with Crippen molar-refractivity contribution in [3.05, 3.63) is 30.3 Å². The summed E-state index contributed by atoms with van der Waals surface area (Å²) in [6.45, 7) is 6.56. The Kier molecular flexibility index (Phi) is 7.99. The molecule has 2 unspecified atom stereocenters. The molecule has 0 bridgehead atoms. The molecule has 1 aromatic carbocycles. The standard InChI is InChI=1S/C17H26N6O.ClH/c1-12(2)15(18)10-11-22(4)17(24)13(3)23-20-16(19-21-23)14-8-6-5-7-9-14;/h5-9,12-13,15H,10-11,18H2,1-4H3;1H. The Morgan fingerprint density at radius 1 is 1.24 bits per heavy atom. The molecule has 0 radical (unpaired) electrons. The normalized spacial score (nSPS) is 13.2. The molecule has 2 N–H and O–H groups in total. The van der Waals surface area contributed by atoms with Gasteiger partial charge < -0.3 is 10.6 Å². The quantitative estimate of drug-likeness (QED) is 0.810. The summed E-state index contributed by atoms with van der Waals surface area (Å²) in [5, 5.41) is 12.4. The fraction of sp³-hybridized carbons (Fsp3) is 0.529. The molecule has 138 valence electrons. The molecule has 0 spiro atoms. The fourth-order valence-electron chi connectivity index (χ4n) is 2.30. The third kappa shape index (κ3) is 5.51. The summed E-state index contributed by atoms with van der Waals surface area (Å²) in [7, 11) is 1.78. The van der Waals surface area contributed by atoms with E-state index < -0.39 is 6.04 Å². The Bertz CT molecular complexity index is 660. The molecule has 7 nitrogen and oxygen atoms in total. The van der Waals surface area contributed by atoms with Gasteiger partial charge in [-0.15, -0.1) is 22.6 Å². The van der Waals surface area contributed by atoms with E-state index in [0.717, 1.165) is 12.0 Å². The lowest BCUT2D eigenvalue weighted by molar-refractivity contribution is -0.133. The van der Waals surface area contributed by atoms with Crippen LogP contribution >= 0.6 is 12.4 Å². The number of amides is 1. The van der Waals surface area contributed by atoms with E-state index in [2.05, 4.69) is 29.3 Å². The summed E-state index contributed by atoms with van der Waals surface area (Å²) >= 11 is 0. The second kappa shape index (κ2) is 9.48. The Morgan fingerprint density at radius 2 is 1.88 bits per heavy atom. The molecule has 25 heavy (non-hydrogen) atoms. The van der Waals surface area contributed by atoms with Crippen LogP contribution in [0.25, 0.3) is 11.4 Å². The molecule has 0 aliphatic carbocycles. The molecule has 1 aromatic heterocycles. The Labute approximate surface area is 155 Å². The maximum absolute atomic E-state index is 12.5. The lowest BCUT2D eigenvalue weighted by atomic mass is 10.0. The summed E-state index contributed by atoms with van der Waals surface area (Å²) in [4.78, 5) is 15.6. The molecule has 8 heteroatoms. The highest BCUT2D eigenvalue weighted by Gasteiger charge is 2.22. The molecular weight excluding hydrogens is 340 g/mol. The molecule has 0 saturated heterocycles. The predicted octanol–water partition coefficient (Wildman–Crippen LogP) is 2.15. The third-order valence-corrected chi connectivity index (χ3v) is 4.19. The van der Waals surface area contributed by atoms with Gasteiger partial charge in [-0.3, -0.25) is 4.79 Å². The molecule has 2 aromatic rings. The number of tetrazole rings is 1. The smallest absolute Gasteiger partial charge is 0.248 e. The van der Waals surface area contributed by atoms with Crippen LogP contribution in [0.3, 0.4) is 0 Å². The van der Waals surface area contributed by atoms with Crippen molar-refractivity contribution in [2.24, 2.45) is 11.7 Å². The zero-order valence-electron chi connectivity index (χ0n) is 15.2. The number of hydrogen-bond donors (Lipinski definition) is 1. The number of nitrogens with two attached hydrogens (primary N) is 1. The highest BCUT2D eigenvalue weighted by Crippen LogP contribution is 2.14. The van der Waals surface area contributed by atoms with Crippen LogP contribution in [0.1, 0.15) is 33.2 Å². The average molecular weight is 367 g/mol. The van der Waals surface area contributed by atoms with E-state index in [0.29, 0.717) is 18.3 Å². The maximum Gasteiger partial charge on any atom is 0.248 e. The molecular formula is C17H27ClN6O. The van der Waals surface area contributed by atoms with E-state index in [-0.39, 0.29) is 24.4 Å². The first-order chi connectivity index (χ1) is 11.4. The first kappa shape index (κ1) is 21.1. The molecule has 0 saturated carbocycles. The number of carbonyl (C=O) groups excluding carboxylic acids is 1. The first-order valence-electron chi connectivity index (χ1n) is 8.25. The zero-order chi connectivity index (χ0) is 17.7. The molecule has 2 atom stereocenters. The van der Waals surface area contributed by atoms with Crippen molar-refractivity contribution in [3.8, 4) is 11.4 Å². The van der Waals surface area contributed by atoms with Crippen molar-refractivity contribution in [2.75, 3.05) is 13.6 Å². The molecule has 1 heterocycles. The van der Waals surface area contributed by atoms with Gasteiger partial charge in [-0.2, -0.15) is 4.80 Å². The van der Waals surface area contributed by atoms with Crippen LogP contribution in [0.15, 0.2) is 30.3 Å². The molecule has 0 aliphatic heterocycles. The van der Waals surface area contributed by atoms with E-state index in [4.69, 9.17) is 5.73 Å². The highest BCUT2D eigenvalue weighted by molar-refractivity contribution is 5.85. The van der Waals surface area contributed by atoms with Crippen LogP contribution in [-0.4, -0.2) is 50.6 Å². The molecule has 0 fully saturated rings. The van der Waals surface area contributed by atoms with Gasteiger partial charge in [0.05, 0.1) is 0 Å². The number of halogens is 1. The average Bonchev–Trinajstić information content (AvgIpc) is 3.08. The second-order valence-electron chi connectivity index (χ2n) is 6.43. The van der Waals surface area contributed by atoms with Crippen molar-refractivity contribution in [1.29, 1.82) is 0 Å². The van der Waals surface area contributed by atoms with Crippen molar-refractivity contribution in [3.63, 3.8) is 0 Å². The minimum absolute atomic E-state index is 0. The summed E-state index contributed by atoms with van der Waals surface area (Å²) in [6.07, 6.45) is 0.771. The van der Waals surface area contributed by atoms with Gasteiger partial charge >= 0.3 is 0 Å². The Hall–Kier alpha value is -1.99. The maximum atomic E-state index is 12.5. The van der Waals surface area contributed by atoms with Gasteiger partial charge in [-0.25, -0.2) is 0 Å². The number of likely N-dealkylation sites (N-methyl/N-ethyl adjacent to an activating group) is 1. The zero-order valence-corrected chi connectivity index (χ0v) is 16.0. The van der Waals surface area contributed by atoms with Crippen molar-refractivity contribution in [1.82, 2.24) is 25.1 Å². The van der Waals surface area contributed by atoms with Gasteiger partial charge in [0.15, 0.2) is 0 Å². The van der Waals surface area contributed by atoms with Crippen LogP contribution in [0, 0.1) is 5.92 Å². The molecule has 1 amide bonds. The van der Waals surface area contributed by atoms with Crippen LogP contribution in [-0.2, 0) is 4.79 Å². The summed E-state index contributed by atoms with van der Waals surface area (Å²) in [5.41, 5.74) is 6.92. The largest absolute Gasteiger partial charge is 0.344 e. The van der Waals surface area contributed by atoms with E-state index >= 15 is 0 Å². The van der Waals surface area contributed by atoms with Crippen molar-refractivity contribution < 1.29 is 4.79 Å². The minimum atomic E-state index is -0.504. The van der Waals surface area contributed by atoms with Gasteiger partial charge in [-0.1, -0.05) is 44.2 Å². The lowest BCUT2D eigenvalue weighted by Crippen LogP contribution is -2.38. The molecule has 0 aliphatic rings. The van der Waals surface area contributed by atoms with Crippen molar-refractivity contribution >= 4 is 18.3 Å². The van der Waals surface area contributed by atoms with Crippen molar-refractivity contribution in [2.45, 2.75) is 39.3 Å². The summed E-state index contributed by atoms with van der Waals surface area (Å²) in [5.74, 6) is 0.860. The van der Waals surface area contributed by atoms with Crippen LogP contribution in [0.5, 0.6) is 0 Å². The topological polar surface area (TPSA) is 89.9 Å². The minimum Gasteiger partial charge on any atom is -0.344 e. The lowest BCUT2D eigenvalue weighted by Gasteiger charge is -2.23. The van der Waals surface area contributed by atoms with E-state index in [1.807, 2.05) is 30.3 Å².